The van der Waals surface area contributed by atoms with Crippen molar-refractivity contribution in [3.63, 3.8) is 0 Å². The van der Waals surface area contributed by atoms with Gasteiger partial charge in [0.1, 0.15) is 11.6 Å². The molecule has 5 rings (SSSR count). The van der Waals surface area contributed by atoms with Crippen LogP contribution in [0.1, 0.15) is 100 Å². The maximum absolute atomic E-state index is 15.2. The van der Waals surface area contributed by atoms with Gasteiger partial charge in [0.25, 0.3) is 0 Å². The molecule has 2 aliphatic rings. The summed E-state index contributed by atoms with van der Waals surface area (Å²) in [5.74, 6) is 0.0121. The number of ether oxygens (including phenoxy) is 2. The molecule has 0 aliphatic heterocycles. The topological polar surface area (TPSA) is 18.5 Å². The molecule has 45 heavy (non-hydrogen) atoms. The van der Waals surface area contributed by atoms with Gasteiger partial charge < -0.3 is 9.47 Å². The van der Waals surface area contributed by atoms with E-state index >= 15 is 13.2 Å². The van der Waals surface area contributed by atoms with Crippen molar-refractivity contribution in [3.8, 4) is 16.9 Å². The molecule has 2 aliphatic carbocycles. The SMILES string of the molecule is CCCCCc1ccc(-c2ccc(C(F)(F)OC3CCC(C4CCC(c5ccc(OC(F)(F)F)cc5)CC4)CC3)c(F)c2)cc1. The second-order valence-corrected chi connectivity index (χ2v) is 12.7. The molecule has 0 saturated heterocycles. The molecule has 0 radical (unpaired) electrons. The van der Waals surface area contributed by atoms with E-state index < -0.39 is 30.0 Å². The molecule has 0 spiro atoms. The predicted molar refractivity (Wildman–Crippen MR) is 164 cm³/mol. The molecule has 2 saturated carbocycles. The van der Waals surface area contributed by atoms with Crippen LogP contribution in [0.5, 0.6) is 5.75 Å². The summed E-state index contributed by atoms with van der Waals surface area (Å²) in [7, 11) is 0. The summed E-state index contributed by atoms with van der Waals surface area (Å²) >= 11 is 0. The molecule has 0 atom stereocenters. The van der Waals surface area contributed by atoms with Gasteiger partial charge in [-0.15, -0.1) is 13.2 Å². The first kappa shape index (κ1) is 33.4. The highest BCUT2D eigenvalue weighted by Gasteiger charge is 2.41. The third-order valence-electron chi connectivity index (χ3n) is 9.70. The summed E-state index contributed by atoms with van der Waals surface area (Å²) in [6.45, 7) is 2.16. The number of benzene rings is 3. The third-order valence-corrected chi connectivity index (χ3v) is 9.70. The van der Waals surface area contributed by atoms with Crippen molar-refractivity contribution in [1.29, 1.82) is 0 Å². The van der Waals surface area contributed by atoms with E-state index in [0.29, 0.717) is 30.2 Å². The Morgan fingerprint density at radius 2 is 1.29 bits per heavy atom. The Hall–Kier alpha value is -3.00. The summed E-state index contributed by atoms with van der Waals surface area (Å²) in [4.78, 5) is 0. The first-order valence-corrected chi connectivity index (χ1v) is 16.3. The molecule has 0 unspecified atom stereocenters. The van der Waals surface area contributed by atoms with Gasteiger partial charge in [-0.1, -0.05) is 62.2 Å². The number of rotatable bonds is 11. The molecule has 3 aromatic rings. The molecule has 2 nitrogen and oxygen atoms in total. The highest BCUT2D eigenvalue weighted by molar-refractivity contribution is 5.64. The lowest BCUT2D eigenvalue weighted by Crippen LogP contribution is -2.32. The number of hydrogen-bond acceptors (Lipinski definition) is 2. The summed E-state index contributed by atoms with van der Waals surface area (Å²) < 4.78 is 91.9. The van der Waals surface area contributed by atoms with Crippen LogP contribution in [0.15, 0.2) is 66.7 Å². The Bertz CT molecular complexity index is 1350. The van der Waals surface area contributed by atoms with Crippen LogP contribution in [-0.2, 0) is 17.3 Å². The van der Waals surface area contributed by atoms with Gasteiger partial charge in [-0.2, -0.15) is 8.78 Å². The number of hydrogen-bond donors (Lipinski definition) is 0. The standard InChI is InChI=1S/C37H42F6O2/c1-2-3-4-5-25-6-8-30(9-7-25)31-18-23-34(35(38)24-31)36(39,40)44-32-19-14-28(15-20-32)26-10-12-27(13-11-26)29-16-21-33(22-17-29)45-37(41,42)43/h6-9,16-18,21-24,26-28,32H,2-5,10-15,19-20H2,1H3. The van der Waals surface area contributed by atoms with E-state index in [4.69, 9.17) is 4.74 Å². The average molecular weight is 633 g/mol. The number of alkyl halides is 5. The zero-order valence-corrected chi connectivity index (χ0v) is 25.7. The molecule has 0 amide bonds. The van der Waals surface area contributed by atoms with Crippen LogP contribution in [-0.4, -0.2) is 12.5 Å². The first-order chi connectivity index (χ1) is 21.5. The Kier molecular flexibility index (Phi) is 10.8. The third kappa shape index (κ3) is 9.05. The van der Waals surface area contributed by atoms with Crippen molar-refractivity contribution < 1.29 is 35.8 Å². The minimum absolute atomic E-state index is 0.220. The minimum atomic E-state index is -4.71. The molecule has 0 heterocycles. The van der Waals surface area contributed by atoms with Gasteiger partial charge in [0.15, 0.2) is 0 Å². The van der Waals surface area contributed by atoms with Crippen LogP contribution in [0.4, 0.5) is 26.3 Å². The normalized spacial score (nSPS) is 22.7. The fourth-order valence-electron chi connectivity index (χ4n) is 7.19. The van der Waals surface area contributed by atoms with Crippen molar-refractivity contribution in [2.75, 3.05) is 0 Å². The Labute approximate surface area is 262 Å². The lowest BCUT2D eigenvalue weighted by Gasteiger charge is -2.38. The lowest BCUT2D eigenvalue weighted by molar-refractivity contribution is -0.279. The van der Waals surface area contributed by atoms with Crippen LogP contribution in [0.25, 0.3) is 11.1 Å². The number of halogens is 6. The molecule has 8 heteroatoms. The second kappa shape index (κ2) is 14.6. The maximum Gasteiger partial charge on any atom is 0.573 e. The summed E-state index contributed by atoms with van der Waals surface area (Å²) in [6, 6.07) is 17.8. The van der Waals surface area contributed by atoms with Crippen LogP contribution >= 0.6 is 0 Å². The van der Waals surface area contributed by atoms with E-state index in [1.54, 1.807) is 12.1 Å². The average Bonchev–Trinajstić information content (AvgIpc) is 3.01. The molecular weight excluding hydrogens is 590 g/mol. The van der Waals surface area contributed by atoms with Gasteiger partial charge in [-0.3, -0.25) is 0 Å². The predicted octanol–water partition coefficient (Wildman–Crippen LogP) is 11.7. The van der Waals surface area contributed by atoms with E-state index in [0.717, 1.165) is 81.0 Å². The fraction of sp³-hybridized carbons (Fsp3) is 0.514. The zero-order chi connectivity index (χ0) is 32.0. The van der Waals surface area contributed by atoms with E-state index in [-0.39, 0.29) is 11.7 Å². The van der Waals surface area contributed by atoms with Crippen molar-refractivity contribution in [2.24, 2.45) is 11.8 Å². The van der Waals surface area contributed by atoms with Gasteiger partial charge in [0, 0.05) is 0 Å². The van der Waals surface area contributed by atoms with Crippen molar-refractivity contribution >= 4 is 0 Å². The maximum atomic E-state index is 15.2. The number of unbranched alkanes of at least 4 members (excludes halogenated alkanes) is 2. The molecule has 0 aromatic heterocycles. The molecule has 244 valence electrons. The van der Waals surface area contributed by atoms with Gasteiger partial charge >= 0.3 is 12.5 Å². The quantitative estimate of drug-likeness (QED) is 0.155. The molecule has 3 aromatic carbocycles. The van der Waals surface area contributed by atoms with Crippen molar-refractivity contribution in [1.82, 2.24) is 0 Å². The van der Waals surface area contributed by atoms with Crippen LogP contribution in [0.3, 0.4) is 0 Å². The smallest absolute Gasteiger partial charge is 0.406 e. The van der Waals surface area contributed by atoms with Crippen molar-refractivity contribution in [3.05, 3.63) is 89.2 Å². The van der Waals surface area contributed by atoms with Crippen LogP contribution in [0.2, 0.25) is 0 Å². The van der Waals surface area contributed by atoms with E-state index in [2.05, 4.69) is 11.7 Å². The Balaban J connectivity index is 1.09. The number of aryl methyl sites for hydroxylation is 1. The molecule has 2 fully saturated rings. The van der Waals surface area contributed by atoms with E-state index in [1.807, 2.05) is 24.3 Å². The molecule has 0 bridgehead atoms. The van der Waals surface area contributed by atoms with E-state index in [1.165, 1.54) is 30.2 Å². The van der Waals surface area contributed by atoms with Gasteiger partial charge in [0.2, 0.25) is 0 Å². The highest BCUT2D eigenvalue weighted by atomic mass is 19.4. The van der Waals surface area contributed by atoms with Crippen molar-refractivity contribution in [2.45, 2.75) is 108 Å². The summed E-state index contributed by atoms with van der Waals surface area (Å²) in [5.41, 5.74) is 2.82. The zero-order valence-electron chi connectivity index (χ0n) is 25.7. The summed E-state index contributed by atoms with van der Waals surface area (Å²) in [5, 5.41) is 0. The van der Waals surface area contributed by atoms with Crippen LogP contribution in [0, 0.1) is 17.7 Å². The van der Waals surface area contributed by atoms with E-state index in [9.17, 15) is 13.2 Å². The Morgan fingerprint density at radius 1 is 0.689 bits per heavy atom. The highest BCUT2D eigenvalue weighted by Crippen LogP contribution is 2.45. The first-order valence-electron chi connectivity index (χ1n) is 16.3. The molecule has 0 N–H and O–H groups in total. The van der Waals surface area contributed by atoms with Gasteiger partial charge in [0.05, 0.1) is 11.7 Å². The van der Waals surface area contributed by atoms with Gasteiger partial charge in [-0.25, -0.2) is 4.39 Å². The monoisotopic (exact) mass is 632 g/mol. The fourth-order valence-corrected chi connectivity index (χ4v) is 7.19. The largest absolute Gasteiger partial charge is 0.573 e. The minimum Gasteiger partial charge on any atom is -0.406 e. The lowest BCUT2D eigenvalue weighted by atomic mass is 9.69. The Morgan fingerprint density at radius 3 is 1.87 bits per heavy atom. The second-order valence-electron chi connectivity index (χ2n) is 12.7. The summed E-state index contributed by atoms with van der Waals surface area (Å²) in [6.07, 6.45) is 1.82. The van der Waals surface area contributed by atoms with Crippen LogP contribution < -0.4 is 4.74 Å². The molecular formula is C37H42F6O2. The van der Waals surface area contributed by atoms with Gasteiger partial charge in [-0.05, 0) is 128 Å².